The molecule has 0 aromatic heterocycles. The zero-order chi connectivity index (χ0) is 14.5. The molecule has 0 heterocycles. The summed E-state index contributed by atoms with van der Waals surface area (Å²) in [5.74, 6) is 1.02. The minimum atomic E-state index is -0.467. The number of hydrogen-bond donors (Lipinski definition) is 0. The van der Waals surface area contributed by atoms with Crippen molar-refractivity contribution in [3.63, 3.8) is 0 Å². The van der Waals surface area contributed by atoms with Crippen LogP contribution in [-0.2, 0) is 6.61 Å². The monoisotopic (exact) mass is 293 g/mol. The predicted molar refractivity (Wildman–Crippen MR) is 75.4 cm³/mol. The maximum absolute atomic E-state index is 10.8. The number of nitrogens with zero attached hydrogens (tertiary/aromatic N) is 1. The Balaban J connectivity index is 2.16. The fraction of sp³-hybridized carbons (Fsp3) is 0.143. The number of methoxy groups -OCH3 is 1. The van der Waals surface area contributed by atoms with Crippen molar-refractivity contribution >= 4 is 17.3 Å². The van der Waals surface area contributed by atoms with Crippen molar-refractivity contribution in [1.82, 2.24) is 0 Å². The SMILES string of the molecule is COc1cc(COc2cccc(Cl)c2)cc([N+](=O)[O-])c1. The van der Waals surface area contributed by atoms with E-state index in [2.05, 4.69) is 0 Å². The second-order valence-electron chi connectivity index (χ2n) is 4.04. The Morgan fingerprint density at radius 1 is 1.20 bits per heavy atom. The van der Waals surface area contributed by atoms with Crippen LogP contribution in [0, 0.1) is 10.1 Å². The lowest BCUT2D eigenvalue weighted by atomic mass is 10.2. The highest BCUT2D eigenvalue weighted by Crippen LogP contribution is 2.24. The van der Waals surface area contributed by atoms with Crippen molar-refractivity contribution in [3.05, 3.63) is 63.2 Å². The molecule has 0 aliphatic rings. The second-order valence-corrected chi connectivity index (χ2v) is 4.48. The minimum Gasteiger partial charge on any atom is -0.496 e. The van der Waals surface area contributed by atoms with Gasteiger partial charge in [0.25, 0.3) is 5.69 Å². The Kier molecular flexibility index (Phi) is 4.42. The summed E-state index contributed by atoms with van der Waals surface area (Å²) in [6, 6.07) is 11.5. The van der Waals surface area contributed by atoms with Gasteiger partial charge in [-0.25, -0.2) is 0 Å². The molecule has 0 amide bonds. The highest BCUT2D eigenvalue weighted by atomic mass is 35.5. The third-order valence-electron chi connectivity index (χ3n) is 2.60. The van der Waals surface area contributed by atoms with Crippen LogP contribution >= 0.6 is 11.6 Å². The first-order valence-electron chi connectivity index (χ1n) is 5.79. The molecular formula is C14H12ClNO4. The second kappa shape index (κ2) is 6.25. The van der Waals surface area contributed by atoms with Crippen molar-refractivity contribution in [2.75, 3.05) is 7.11 Å². The lowest BCUT2D eigenvalue weighted by molar-refractivity contribution is -0.385. The first kappa shape index (κ1) is 14.1. The fourth-order valence-electron chi connectivity index (χ4n) is 1.67. The molecule has 5 nitrogen and oxygen atoms in total. The molecule has 0 unspecified atom stereocenters. The highest BCUT2D eigenvalue weighted by Gasteiger charge is 2.10. The molecule has 0 atom stereocenters. The molecule has 2 rings (SSSR count). The van der Waals surface area contributed by atoms with Crippen molar-refractivity contribution in [3.8, 4) is 11.5 Å². The average Bonchev–Trinajstić information content (AvgIpc) is 2.45. The van der Waals surface area contributed by atoms with Gasteiger partial charge in [-0.05, 0) is 29.8 Å². The third kappa shape index (κ3) is 3.61. The molecule has 0 fully saturated rings. The van der Waals surface area contributed by atoms with E-state index >= 15 is 0 Å². The molecule has 0 aliphatic carbocycles. The largest absolute Gasteiger partial charge is 0.496 e. The third-order valence-corrected chi connectivity index (χ3v) is 2.83. The van der Waals surface area contributed by atoms with Gasteiger partial charge in [0, 0.05) is 11.1 Å². The summed E-state index contributed by atoms with van der Waals surface area (Å²) in [4.78, 5) is 10.4. The fourth-order valence-corrected chi connectivity index (χ4v) is 1.85. The molecule has 0 spiro atoms. The van der Waals surface area contributed by atoms with Gasteiger partial charge in [-0.1, -0.05) is 17.7 Å². The minimum absolute atomic E-state index is 0.0333. The van der Waals surface area contributed by atoms with Crippen LogP contribution in [0.1, 0.15) is 5.56 Å². The zero-order valence-electron chi connectivity index (χ0n) is 10.7. The summed E-state index contributed by atoms with van der Waals surface area (Å²) in [5.41, 5.74) is 0.616. The Hall–Kier alpha value is -2.27. The van der Waals surface area contributed by atoms with Crippen molar-refractivity contribution < 1.29 is 14.4 Å². The number of hydrogen-bond acceptors (Lipinski definition) is 4. The lowest BCUT2D eigenvalue weighted by Crippen LogP contribution is -1.98. The standard InChI is InChI=1S/C14H12ClNO4/c1-19-14-6-10(5-12(8-14)16(17)18)9-20-13-4-2-3-11(15)7-13/h2-8H,9H2,1H3. The van der Waals surface area contributed by atoms with Gasteiger partial charge < -0.3 is 9.47 Å². The molecular weight excluding hydrogens is 282 g/mol. The number of ether oxygens (including phenoxy) is 2. The first-order valence-corrected chi connectivity index (χ1v) is 6.17. The number of nitro groups is 1. The molecule has 0 radical (unpaired) electrons. The van der Waals surface area contributed by atoms with E-state index in [4.69, 9.17) is 21.1 Å². The molecule has 0 saturated heterocycles. The summed E-state index contributed by atoms with van der Waals surface area (Å²) < 4.78 is 10.6. The Morgan fingerprint density at radius 2 is 2.00 bits per heavy atom. The molecule has 0 N–H and O–H groups in total. The first-order chi connectivity index (χ1) is 9.58. The molecule has 0 aliphatic heterocycles. The van der Waals surface area contributed by atoms with E-state index in [1.54, 1.807) is 30.3 Å². The number of halogens is 1. The quantitative estimate of drug-likeness (QED) is 0.621. The normalized spacial score (nSPS) is 10.1. The number of nitro benzene ring substituents is 1. The zero-order valence-corrected chi connectivity index (χ0v) is 11.5. The van der Waals surface area contributed by atoms with E-state index in [0.717, 1.165) is 0 Å². The summed E-state index contributed by atoms with van der Waals surface area (Å²) in [7, 11) is 1.46. The van der Waals surface area contributed by atoms with Crippen LogP contribution in [0.25, 0.3) is 0 Å². The van der Waals surface area contributed by atoms with E-state index < -0.39 is 4.92 Å². The van der Waals surface area contributed by atoms with E-state index in [-0.39, 0.29) is 12.3 Å². The van der Waals surface area contributed by atoms with Gasteiger partial charge in [0.1, 0.15) is 18.1 Å². The molecule has 20 heavy (non-hydrogen) atoms. The number of rotatable bonds is 5. The number of benzene rings is 2. The predicted octanol–water partition coefficient (Wildman–Crippen LogP) is 3.84. The van der Waals surface area contributed by atoms with Gasteiger partial charge in [-0.3, -0.25) is 10.1 Å². The van der Waals surface area contributed by atoms with Gasteiger partial charge in [0.05, 0.1) is 18.1 Å². The van der Waals surface area contributed by atoms with Crippen LogP contribution in [-0.4, -0.2) is 12.0 Å². The van der Waals surface area contributed by atoms with Crippen LogP contribution in [0.4, 0.5) is 5.69 Å². The van der Waals surface area contributed by atoms with Gasteiger partial charge in [-0.2, -0.15) is 0 Å². The summed E-state index contributed by atoms with van der Waals surface area (Å²) in [5, 5.41) is 11.4. The van der Waals surface area contributed by atoms with Crippen LogP contribution in [0.3, 0.4) is 0 Å². The maximum Gasteiger partial charge on any atom is 0.273 e. The van der Waals surface area contributed by atoms with Gasteiger partial charge in [0.2, 0.25) is 0 Å². The van der Waals surface area contributed by atoms with E-state index in [1.165, 1.54) is 19.2 Å². The van der Waals surface area contributed by atoms with Crippen LogP contribution in [0.2, 0.25) is 5.02 Å². The average molecular weight is 294 g/mol. The topological polar surface area (TPSA) is 61.6 Å². The van der Waals surface area contributed by atoms with Gasteiger partial charge >= 0.3 is 0 Å². The smallest absolute Gasteiger partial charge is 0.273 e. The summed E-state index contributed by atoms with van der Waals surface area (Å²) in [6.45, 7) is 0.193. The van der Waals surface area contributed by atoms with Crippen LogP contribution in [0.15, 0.2) is 42.5 Å². The molecule has 6 heteroatoms. The van der Waals surface area contributed by atoms with Crippen LogP contribution < -0.4 is 9.47 Å². The Morgan fingerprint density at radius 3 is 2.65 bits per heavy atom. The van der Waals surface area contributed by atoms with E-state index in [0.29, 0.717) is 22.1 Å². The molecule has 2 aromatic rings. The van der Waals surface area contributed by atoms with Crippen molar-refractivity contribution in [1.29, 1.82) is 0 Å². The van der Waals surface area contributed by atoms with Crippen LogP contribution in [0.5, 0.6) is 11.5 Å². The number of non-ortho nitro benzene ring substituents is 1. The Labute approximate surface area is 120 Å². The molecule has 104 valence electrons. The lowest BCUT2D eigenvalue weighted by Gasteiger charge is -2.08. The van der Waals surface area contributed by atoms with Gasteiger partial charge in [-0.15, -0.1) is 0 Å². The Bertz CT molecular complexity index is 630. The van der Waals surface area contributed by atoms with Crippen molar-refractivity contribution in [2.24, 2.45) is 0 Å². The van der Waals surface area contributed by atoms with E-state index in [1.807, 2.05) is 0 Å². The van der Waals surface area contributed by atoms with E-state index in [9.17, 15) is 10.1 Å². The summed E-state index contributed by atoms with van der Waals surface area (Å²) >= 11 is 5.85. The van der Waals surface area contributed by atoms with Crippen molar-refractivity contribution in [2.45, 2.75) is 6.61 Å². The molecule has 0 bridgehead atoms. The summed E-state index contributed by atoms with van der Waals surface area (Å²) in [6.07, 6.45) is 0. The highest BCUT2D eigenvalue weighted by molar-refractivity contribution is 6.30. The molecule has 2 aromatic carbocycles. The maximum atomic E-state index is 10.8. The van der Waals surface area contributed by atoms with Gasteiger partial charge in [0.15, 0.2) is 0 Å². The molecule has 0 saturated carbocycles.